The lowest BCUT2D eigenvalue weighted by molar-refractivity contribution is -0.424. The fraction of sp³-hybridized carbons (Fsp3) is 0.645. The van der Waals surface area contributed by atoms with Crippen LogP contribution in [0.25, 0.3) is 0 Å². The average Bonchev–Trinajstić information content (AvgIpc) is 3.14. The number of ether oxygens (including phenoxy) is 3. The lowest BCUT2D eigenvalue weighted by Crippen LogP contribution is -2.71. The van der Waals surface area contributed by atoms with Crippen LogP contribution in [-0.2, 0) is 29.9 Å². The molecule has 2 saturated carbocycles. The van der Waals surface area contributed by atoms with Gasteiger partial charge in [-0.1, -0.05) is 56.8 Å². The van der Waals surface area contributed by atoms with Crippen molar-refractivity contribution in [2.75, 3.05) is 6.61 Å². The minimum atomic E-state index is -2.18. The molecule has 0 amide bonds. The largest absolute Gasteiger partial charge is 0.404 e. The van der Waals surface area contributed by atoms with Crippen molar-refractivity contribution in [2.24, 2.45) is 23.7 Å². The van der Waals surface area contributed by atoms with Gasteiger partial charge in [0.25, 0.3) is 5.97 Å². The maximum Gasteiger partial charge on any atom is 0.289 e. The third-order valence-corrected chi connectivity index (χ3v) is 10.8. The molecule has 0 aromatic heterocycles. The highest BCUT2D eigenvalue weighted by atomic mass is 28.4. The summed E-state index contributed by atoms with van der Waals surface area (Å²) >= 11 is 0. The molecule has 3 aliphatic carbocycles. The molecule has 4 fully saturated rings. The van der Waals surface area contributed by atoms with Gasteiger partial charge < -0.3 is 23.7 Å². The molecule has 5 aliphatic rings. The van der Waals surface area contributed by atoms with Crippen LogP contribution in [0.4, 0.5) is 0 Å². The van der Waals surface area contributed by atoms with Crippen LogP contribution in [0.5, 0.6) is 0 Å². The number of ketones is 1. The van der Waals surface area contributed by atoms with Crippen molar-refractivity contribution < 1.29 is 28.5 Å². The lowest BCUT2D eigenvalue weighted by Gasteiger charge is -2.60. The van der Waals surface area contributed by atoms with Crippen molar-refractivity contribution in [2.45, 2.75) is 95.0 Å². The quantitative estimate of drug-likeness (QED) is 0.398. The molecule has 1 aromatic carbocycles. The summed E-state index contributed by atoms with van der Waals surface area (Å²) in [5.74, 6) is -1.64. The Morgan fingerprint density at radius 1 is 1.18 bits per heavy atom. The van der Waals surface area contributed by atoms with E-state index in [-0.39, 0.29) is 42.2 Å². The molecule has 7 heteroatoms. The van der Waals surface area contributed by atoms with Crippen LogP contribution >= 0.6 is 0 Å². The molecule has 6 rings (SSSR count). The first-order chi connectivity index (χ1) is 17.8. The van der Waals surface area contributed by atoms with Crippen molar-refractivity contribution in [1.82, 2.24) is 0 Å². The smallest absolute Gasteiger partial charge is 0.289 e. The van der Waals surface area contributed by atoms with E-state index in [4.69, 9.17) is 18.6 Å². The number of hydrogen-bond acceptors (Lipinski definition) is 6. The molecule has 2 heterocycles. The third kappa shape index (κ3) is 3.52. The lowest BCUT2D eigenvalue weighted by atomic mass is 9.54. The summed E-state index contributed by atoms with van der Waals surface area (Å²) in [5.41, 5.74) is 0.317. The van der Waals surface area contributed by atoms with E-state index in [2.05, 4.69) is 51.4 Å². The van der Waals surface area contributed by atoms with Gasteiger partial charge in [-0.05, 0) is 62.0 Å². The summed E-state index contributed by atoms with van der Waals surface area (Å²) in [6, 6.07) is 10.2. The SMILES string of the molecule is C=C(C)[C@]12C[C@@H](C)[C@@]34O[C@](Cc5ccccc5)(O[C@@H]1[C@@H]3C=C(CO)C[C@]1(O[Si](C)(C)C)C(=O)[C@@H](C)C[C@@H]41)O2. The van der Waals surface area contributed by atoms with Crippen LogP contribution in [0.15, 0.2) is 54.1 Å². The van der Waals surface area contributed by atoms with E-state index in [0.29, 0.717) is 25.7 Å². The second kappa shape index (κ2) is 8.45. The van der Waals surface area contributed by atoms with Crippen LogP contribution < -0.4 is 0 Å². The predicted octanol–water partition coefficient (Wildman–Crippen LogP) is 5.18. The number of Topliss-reactive ketones (excluding diaryl/α,β-unsaturated/α-hetero) is 1. The van der Waals surface area contributed by atoms with Gasteiger partial charge in [0.1, 0.15) is 17.3 Å². The van der Waals surface area contributed by atoms with Crippen molar-refractivity contribution in [1.29, 1.82) is 0 Å². The van der Waals surface area contributed by atoms with Crippen molar-refractivity contribution in [3.63, 3.8) is 0 Å². The van der Waals surface area contributed by atoms with Crippen molar-refractivity contribution >= 4 is 14.1 Å². The van der Waals surface area contributed by atoms with Gasteiger partial charge in [0.05, 0.1) is 18.6 Å². The average molecular weight is 539 g/mol. The number of aliphatic hydroxyl groups is 1. The molecule has 0 unspecified atom stereocenters. The maximum absolute atomic E-state index is 14.2. The van der Waals surface area contributed by atoms with Gasteiger partial charge in [-0.2, -0.15) is 0 Å². The Kier molecular flexibility index (Phi) is 5.91. The van der Waals surface area contributed by atoms with Crippen LogP contribution in [0.1, 0.15) is 45.6 Å². The summed E-state index contributed by atoms with van der Waals surface area (Å²) in [6.45, 7) is 17.0. The van der Waals surface area contributed by atoms with Gasteiger partial charge in [0, 0.05) is 24.2 Å². The van der Waals surface area contributed by atoms with Gasteiger partial charge in [-0.3, -0.25) is 4.79 Å². The first kappa shape index (κ1) is 26.6. The van der Waals surface area contributed by atoms with Gasteiger partial charge in [-0.15, -0.1) is 0 Å². The molecule has 1 N–H and O–H groups in total. The normalized spacial score (nSPS) is 45.4. The van der Waals surface area contributed by atoms with E-state index < -0.39 is 31.1 Å². The topological polar surface area (TPSA) is 74.2 Å². The number of aliphatic hydroxyl groups excluding tert-OH is 1. The Bertz CT molecular complexity index is 1190. The zero-order valence-corrected chi connectivity index (χ0v) is 24.6. The van der Waals surface area contributed by atoms with E-state index in [1.807, 2.05) is 32.0 Å². The molecule has 1 aromatic rings. The zero-order valence-electron chi connectivity index (χ0n) is 23.6. The van der Waals surface area contributed by atoms with Crippen LogP contribution in [0, 0.1) is 23.7 Å². The summed E-state index contributed by atoms with van der Waals surface area (Å²) in [5, 5.41) is 10.6. The number of fused-ring (bicyclic) bond motifs is 2. The Hall–Kier alpha value is -1.61. The maximum atomic E-state index is 14.2. The van der Waals surface area contributed by atoms with Gasteiger partial charge >= 0.3 is 0 Å². The van der Waals surface area contributed by atoms with Gasteiger partial charge in [0.15, 0.2) is 14.1 Å². The monoisotopic (exact) mass is 538 g/mol. The molecular weight excluding hydrogens is 496 g/mol. The van der Waals surface area contributed by atoms with E-state index in [1.165, 1.54) is 0 Å². The highest BCUT2D eigenvalue weighted by molar-refractivity contribution is 6.70. The van der Waals surface area contributed by atoms with Gasteiger partial charge in [0.2, 0.25) is 0 Å². The third-order valence-electron chi connectivity index (χ3n) is 9.81. The summed E-state index contributed by atoms with van der Waals surface area (Å²) in [7, 11) is -2.18. The molecule has 38 heavy (non-hydrogen) atoms. The van der Waals surface area contributed by atoms with E-state index in [1.54, 1.807) is 0 Å². The summed E-state index contributed by atoms with van der Waals surface area (Å²) in [4.78, 5) is 14.2. The van der Waals surface area contributed by atoms with Gasteiger partial charge in [-0.25, -0.2) is 0 Å². The molecule has 9 atom stereocenters. The molecular formula is C31H42O6Si. The molecule has 2 saturated heterocycles. The number of carbonyl (C=O) groups excluding carboxylic acids is 1. The number of benzene rings is 1. The van der Waals surface area contributed by atoms with Crippen LogP contribution in [-0.4, -0.2) is 54.7 Å². The van der Waals surface area contributed by atoms with E-state index in [0.717, 1.165) is 16.7 Å². The Labute approximate surface area is 227 Å². The predicted molar refractivity (Wildman–Crippen MR) is 147 cm³/mol. The molecule has 6 nitrogen and oxygen atoms in total. The first-order valence-corrected chi connectivity index (χ1v) is 17.5. The fourth-order valence-electron chi connectivity index (χ4n) is 8.62. The highest BCUT2D eigenvalue weighted by Crippen LogP contribution is 2.69. The van der Waals surface area contributed by atoms with Crippen molar-refractivity contribution in [3.05, 3.63) is 59.7 Å². The molecule has 0 radical (unpaired) electrons. The highest BCUT2D eigenvalue weighted by Gasteiger charge is 2.80. The summed E-state index contributed by atoms with van der Waals surface area (Å²) in [6.07, 6.45) is 4.04. The second-order valence-electron chi connectivity index (χ2n) is 13.6. The first-order valence-electron chi connectivity index (χ1n) is 14.1. The number of hydrogen-bond donors (Lipinski definition) is 1. The Balaban J connectivity index is 1.58. The number of rotatable bonds is 6. The standard InChI is InChI=1S/C31H42O6Si/c1-19(2)28-15-21(4)31-24(27(28)34-30(35-28,36-31)17-22-11-9-8-10-12-22)14-23(18-32)16-29(37-38(5,6)7)25(31)13-20(3)26(29)33/h8-12,14,20-21,24-25,27,32H,1,13,15-18H2,2-7H3/t20-,21+,24-,25+,27+,28+,29+,30+,31+/m0/s1. The molecule has 206 valence electrons. The van der Waals surface area contributed by atoms with Crippen molar-refractivity contribution in [3.8, 4) is 0 Å². The fourth-order valence-corrected chi connectivity index (χ4v) is 10.0. The number of carbonyl (C=O) groups is 1. The zero-order chi connectivity index (χ0) is 27.3. The van der Waals surface area contributed by atoms with Crippen LogP contribution in [0.3, 0.4) is 0 Å². The minimum absolute atomic E-state index is 0.0454. The van der Waals surface area contributed by atoms with E-state index >= 15 is 0 Å². The minimum Gasteiger partial charge on any atom is -0.404 e. The van der Waals surface area contributed by atoms with Crippen LogP contribution in [0.2, 0.25) is 19.6 Å². The molecule has 3 bridgehead atoms. The molecule has 0 spiro atoms. The Morgan fingerprint density at radius 3 is 2.53 bits per heavy atom. The Morgan fingerprint density at radius 2 is 1.89 bits per heavy atom. The molecule has 2 aliphatic heterocycles. The summed E-state index contributed by atoms with van der Waals surface area (Å²) < 4.78 is 28.1. The van der Waals surface area contributed by atoms with E-state index in [9.17, 15) is 9.90 Å². The second-order valence-corrected chi connectivity index (χ2v) is 18.0.